The zero-order valence-corrected chi connectivity index (χ0v) is 10.8. The predicted octanol–water partition coefficient (Wildman–Crippen LogP) is 3.78. The maximum Gasteiger partial charge on any atom is 0.178 e. The van der Waals surface area contributed by atoms with Gasteiger partial charge in [-0.05, 0) is 24.3 Å². The van der Waals surface area contributed by atoms with Crippen LogP contribution in [0.4, 0.5) is 4.39 Å². The number of nitrogens with zero attached hydrogens (tertiary/aromatic N) is 1. The van der Waals surface area contributed by atoms with Crippen molar-refractivity contribution in [3.63, 3.8) is 0 Å². The molecule has 5 heteroatoms. The lowest BCUT2D eigenvalue weighted by Gasteiger charge is -1.98. The van der Waals surface area contributed by atoms with Gasteiger partial charge in [-0.2, -0.15) is 0 Å². The van der Waals surface area contributed by atoms with E-state index in [4.69, 9.17) is 0 Å². The fraction of sp³-hybridized carbons (Fsp3) is 0.167. The van der Waals surface area contributed by atoms with Gasteiger partial charge in [-0.25, -0.2) is 9.37 Å². The number of hydrogen-bond donors (Lipinski definition) is 0. The molecule has 0 saturated carbocycles. The molecule has 0 saturated heterocycles. The van der Waals surface area contributed by atoms with Gasteiger partial charge < -0.3 is 0 Å². The van der Waals surface area contributed by atoms with Crippen LogP contribution in [0.3, 0.4) is 0 Å². The van der Waals surface area contributed by atoms with Crippen LogP contribution in [0.15, 0.2) is 34.5 Å². The molecule has 17 heavy (non-hydrogen) atoms. The van der Waals surface area contributed by atoms with E-state index in [9.17, 15) is 9.18 Å². The smallest absolute Gasteiger partial charge is 0.178 e. The second kappa shape index (κ2) is 5.42. The van der Waals surface area contributed by atoms with Crippen molar-refractivity contribution in [1.29, 1.82) is 0 Å². The Hall–Kier alpha value is -1.20. The molecule has 0 aliphatic heterocycles. The summed E-state index contributed by atoms with van der Waals surface area (Å²) in [5.74, 6) is 0.450. The second-order valence-corrected chi connectivity index (χ2v) is 5.42. The first kappa shape index (κ1) is 12.3. The van der Waals surface area contributed by atoms with Crippen molar-refractivity contribution < 1.29 is 9.18 Å². The zero-order chi connectivity index (χ0) is 12.3. The van der Waals surface area contributed by atoms with Crippen molar-refractivity contribution >= 4 is 28.9 Å². The van der Waals surface area contributed by atoms with E-state index in [1.54, 1.807) is 29.3 Å². The molecule has 0 bridgehead atoms. The van der Waals surface area contributed by atoms with Crippen LogP contribution in [-0.2, 0) is 5.75 Å². The van der Waals surface area contributed by atoms with Crippen LogP contribution in [0.25, 0.3) is 0 Å². The lowest BCUT2D eigenvalue weighted by Crippen LogP contribution is -1.92. The summed E-state index contributed by atoms with van der Waals surface area (Å²) in [5, 5.41) is 2.67. The van der Waals surface area contributed by atoms with Crippen LogP contribution in [0, 0.1) is 5.82 Å². The molecule has 0 N–H and O–H groups in total. The van der Waals surface area contributed by atoms with Gasteiger partial charge in [-0.3, -0.25) is 4.79 Å². The van der Waals surface area contributed by atoms with Gasteiger partial charge in [0.2, 0.25) is 0 Å². The normalized spacial score (nSPS) is 10.5. The average molecular weight is 267 g/mol. The molecule has 0 fully saturated rings. The van der Waals surface area contributed by atoms with E-state index in [-0.39, 0.29) is 11.6 Å². The molecule has 1 aromatic heterocycles. The average Bonchev–Trinajstić information content (AvgIpc) is 2.77. The Kier molecular flexibility index (Phi) is 3.91. The number of carbonyl (C=O) groups is 1. The van der Waals surface area contributed by atoms with E-state index in [0.29, 0.717) is 11.4 Å². The van der Waals surface area contributed by atoms with E-state index in [1.807, 2.05) is 0 Å². The van der Waals surface area contributed by atoms with Crippen LogP contribution in [0.2, 0.25) is 0 Å². The number of rotatable bonds is 4. The van der Waals surface area contributed by atoms with Crippen molar-refractivity contribution in [2.45, 2.75) is 17.6 Å². The molecule has 1 aromatic carbocycles. The monoisotopic (exact) mass is 267 g/mol. The minimum atomic E-state index is -0.234. The van der Waals surface area contributed by atoms with Crippen LogP contribution in [0.1, 0.15) is 22.4 Å². The summed E-state index contributed by atoms with van der Waals surface area (Å²) in [6.07, 6.45) is 0. The standard InChI is InChI=1S/C12H10FNOS2/c1-8(15)11-6-17-12(14-11)7-16-10-4-2-9(13)3-5-10/h2-6H,7H2,1H3. The minimum absolute atomic E-state index is 0.0146. The van der Waals surface area contributed by atoms with Gasteiger partial charge in [0.05, 0.1) is 5.75 Å². The van der Waals surface area contributed by atoms with Gasteiger partial charge in [-0.15, -0.1) is 23.1 Å². The molecule has 0 atom stereocenters. The molecule has 0 spiro atoms. The fourth-order valence-electron chi connectivity index (χ4n) is 1.21. The lowest BCUT2D eigenvalue weighted by molar-refractivity contribution is 0.101. The summed E-state index contributed by atoms with van der Waals surface area (Å²) < 4.78 is 12.7. The van der Waals surface area contributed by atoms with Crippen LogP contribution >= 0.6 is 23.1 Å². The first-order valence-electron chi connectivity index (χ1n) is 4.99. The van der Waals surface area contributed by atoms with E-state index in [2.05, 4.69) is 4.98 Å². The topological polar surface area (TPSA) is 30.0 Å². The number of halogens is 1. The molecule has 0 radical (unpaired) electrons. The SMILES string of the molecule is CC(=O)c1csc(CSc2ccc(F)cc2)n1. The molecule has 2 aromatic rings. The summed E-state index contributed by atoms with van der Waals surface area (Å²) >= 11 is 3.05. The Labute approximate surface area is 107 Å². The molecule has 1 heterocycles. The Morgan fingerprint density at radius 2 is 2.12 bits per heavy atom. The molecule has 0 amide bonds. The molecule has 0 aliphatic rings. The highest BCUT2D eigenvalue weighted by atomic mass is 32.2. The Morgan fingerprint density at radius 3 is 2.71 bits per heavy atom. The number of benzene rings is 1. The molecule has 2 nitrogen and oxygen atoms in total. The third kappa shape index (κ3) is 3.38. The van der Waals surface area contributed by atoms with Crippen molar-refractivity contribution in [3.05, 3.63) is 46.2 Å². The van der Waals surface area contributed by atoms with E-state index < -0.39 is 0 Å². The third-order valence-electron chi connectivity index (χ3n) is 2.09. The third-order valence-corrected chi connectivity index (χ3v) is 4.14. The summed E-state index contributed by atoms with van der Waals surface area (Å²) in [5.41, 5.74) is 0.518. The van der Waals surface area contributed by atoms with Crippen molar-refractivity contribution in [2.24, 2.45) is 0 Å². The Bertz CT molecular complexity index is 522. The lowest BCUT2D eigenvalue weighted by atomic mass is 10.4. The number of hydrogen-bond acceptors (Lipinski definition) is 4. The Morgan fingerprint density at radius 1 is 1.41 bits per heavy atom. The summed E-state index contributed by atoms with van der Waals surface area (Å²) in [6, 6.07) is 6.34. The van der Waals surface area contributed by atoms with Gasteiger partial charge in [-0.1, -0.05) is 0 Å². The number of aromatic nitrogens is 1. The number of ketones is 1. The minimum Gasteiger partial charge on any atom is -0.293 e. The largest absolute Gasteiger partial charge is 0.293 e. The highest BCUT2D eigenvalue weighted by Crippen LogP contribution is 2.24. The van der Waals surface area contributed by atoms with Crippen molar-refractivity contribution in [2.75, 3.05) is 0 Å². The maximum atomic E-state index is 12.7. The number of Topliss-reactive ketones (excluding diaryl/α,β-unsaturated/α-hetero) is 1. The van der Waals surface area contributed by atoms with Crippen LogP contribution in [0.5, 0.6) is 0 Å². The van der Waals surface area contributed by atoms with E-state index >= 15 is 0 Å². The van der Waals surface area contributed by atoms with Crippen LogP contribution < -0.4 is 0 Å². The first-order valence-corrected chi connectivity index (χ1v) is 6.85. The predicted molar refractivity (Wildman–Crippen MR) is 68.1 cm³/mol. The quantitative estimate of drug-likeness (QED) is 0.624. The highest BCUT2D eigenvalue weighted by Gasteiger charge is 2.06. The maximum absolute atomic E-state index is 12.7. The second-order valence-electron chi connectivity index (χ2n) is 3.43. The molecule has 88 valence electrons. The van der Waals surface area contributed by atoms with Gasteiger partial charge in [0.25, 0.3) is 0 Å². The fourth-order valence-corrected chi connectivity index (χ4v) is 2.96. The van der Waals surface area contributed by atoms with Gasteiger partial charge >= 0.3 is 0 Å². The number of thiazole rings is 1. The Balaban J connectivity index is 1.97. The van der Waals surface area contributed by atoms with Crippen molar-refractivity contribution in [1.82, 2.24) is 4.98 Å². The molecule has 0 unspecified atom stereocenters. The van der Waals surface area contributed by atoms with Gasteiger partial charge in [0.15, 0.2) is 5.78 Å². The number of carbonyl (C=O) groups excluding carboxylic acids is 1. The number of thioether (sulfide) groups is 1. The molecule has 2 rings (SSSR count). The molecular weight excluding hydrogens is 257 g/mol. The highest BCUT2D eigenvalue weighted by molar-refractivity contribution is 7.98. The summed E-state index contributed by atoms with van der Waals surface area (Å²) in [7, 11) is 0. The molecular formula is C12H10FNOS2. The van der Waals surface area contributed by atoms with Crippen LogP contribution in [-0.4, -0.2) is 10.8 Å². The summed E-state index contributed by atoms with van der Waals surface area (Å²) in [4.78, 5) is 16.3. The summed E-state index contributed by atoms with van der Waals surface area (Å²) in [6.45, 7) is 1.51. The van der Waals surface area contributed by atoms with Gasteiger partial charge in [0, 0.05) is 17.2 Å². The first-order chi connectivity index (χ1) is 8.15. The van der Waals surface area contributed by atoms with E-state index in [1.165, 1.54) is 30.4 Å². The zero-order valence-electron chi connectivity index (χ0n) is 9.14. The van der Waals surface area contributed by atoms with Gasteiger partial charge in [0.1, 0.15) is 16.5 Å². The molecule has 0 aliphatic carbocycles. The van der Waals surface area contributed by atoms with Crippen molar-refractivity contribution in [3.8, 4) is 0 Å². The van der Waals surface area contributed by atoms with E-state index in [0.717, 1.165) is 9.90 Å².